The van der Waals surface area contributed by atoms with E-state index in [-0.39, 0.29) is 6.03 Å². The van der Waals surface area contributed by atoms with Gasteiger partial charge in [0.05, 0.1) is 11.0 Å². The van der Waals surface area contributed by atoms with Crippen LogP contribution in [0.25, 0.3) is 0 Å². The predicted octanol–water partition coefficient (Wildman–Crippen LogP) is 1.52. The molecule has 20 heavy (non-hydrogen) atoms. The van der Waals surface area contributed by atoms with Gasteiger partial charge in [-0.15, -0.1) is 0 Å². The summed E-state index contributed by atoms with van der Waals surface area (Å²) >= 11 is 0. The highest BCUT2D eigenvalue weighted by atomic mass is 16.4. The molecule has 0 bridgehead atoms. The highest BCUT2D eigenvalue weighted by Crippen LogP contribution is 2.30. The molecule has 0 spiro atoms. The van der Waals surface area contributed by atoms with E-state index in [0.29, 0.717) is 6.54 Å². The predicted molar refractivity (Wildman–Crippen MR) is 79.8 cm³/mol. The Morgan fingerprint density at radius 3 is 2.00 bits per heavy atom. The molecular weight excluding hydrogens is 258 g/mol. The molecular formula is C14H29N3O3. The van der Waals surface area contributed by atoms with Crippen molar-refractivity contribution in [2.75, 3.05) is 26.2 Å². The van der Waals surface area contributed by atoms with Crippen molar-refractivity contribution in [3.63, 3.8) is 0 Å². The lowest BCUT2D eigenvalue weighted by Gasteiger charge is -2.38. The van der Waals surface area contributed by atoms with Crippen LogP contribution in [-0.4, -0.2) is 53.7 Å². The molecule has 0 aromatic rings. The summed E-state index contributed by atoms with van der Waals surface area (Å²) < 4.78 is 0. The largest absolute Gasteiger partial charge is 0.481 e. The normalized spacial score (nSPS) is 12.3. The molecule has 0 heterocycles. The van der Waals surface area contributed by atoms with Gasteiger partial charge in [0.1, 0.15) is 0 Å². The summed E-state index contributed by atoms with van der Waals surface area (Å²) in [7, 11) is 0. The number of hydrogen-bond donors (Lipinski definition) is 3. The molecule has 118 valence electrons. The van der Waals surface area contributed by atoms with E-state index in [1.165, 1.54) is 0 Å². The van der Waals surface area contributed by atoms with Crippen LogP contribution in [0.2, 0.25) is 0 Å². The van der Waals surface area contributed by atoms with Crippen LogP contribution in [0.1, 0.15) is 41.5 Å². The van der Waals surface area contributed by atoms with E-state index < -0.39 is 16.9 Å². The van der Waals surface area contributed by atoms with Crippen LogP contribution in [0.5, 0.6) is 0 Å². The van der Waals surface area contributed by atoms with Gasteiger partial charge in [-0.1, -0.05) is 13.8 Å². The first-order valence-corrected chi connectivity index (χ1v) is 7.10. The Labute approximate surface area is 121 Å². The van der Waals surface area contributed by atoms with Crippen molar-refractivity contribution in [2.24, 2.45) is 5.41 Å². The molecule has 0 rings (SSSR count). The zero-order valence-corrected chi connectivity index (χ0v) is 13.5. The minimum atomic E-state index is -1.05. The number of carboxylic acids is 1. The number of hydrogen-bond acceptors (Lipinski definition) is 3. The number of carbonyl (C=O) groups is 2. The van der Waals surface area contributed by atoms with Crippen LogP contribution in [0, 0.1) is 5.41 Å². The highest BCUT2D eigenvalue weighted by molar-refractivity contribution is 5.79. The summed E-state index contributed by atoms with van der Waals surface area (Å²) in [5.41, 5.74) is -1.90. The second kappa shape index (κ2) is 7.47. The summed E-state index contributed by atoms with van der Waals surface area (Å²) in [5.74, 6) is -0.939. The van der Waals surface area contributed by atoms with E-state index in [1.807, 2.05) is 0 Å². The number of rotatable bonds is 8. The van der Waals surface area contributed by atoms with Gasteiger partial charge in [-0.25, -0.2) is 4.79 Å². The molecule has 0 aliphatic carbocycles. The zero-order valence-electron chi connectivity index (χ0n) is 13.5. The molecule has 0 radical (unpaired) electrons. The third-order valence-electron chi connectivity index (χ3n) is 4.13. The molecule has 0 saturated carbocycles. The second-order valence-electron chi connectivity index (χ2n) is 5.96. The summed E-state index contributed by atoms with van der Waals surface area (Å²) in [6.07, 6.45) is 0. The maximum atomic E-state index is 11.9. The molecule has 0 aromatic heterocycles. The highest BCUT2D eigenvalue weighted by Gasteiger charge is 2.44. The number of amides is 2. The van der Waals surface area contributed by atoms with Gasteiger partial charge >= 0.3 is 12.0 Å². The summed E-state index contributed by atoms with van der Waals surface area (Å²) in [4.78, 5) is 25.3. The van der Waals surface area contributed by atoms with Gasteiger partial charge in [-0.3, -0.25) is 4.79 Å². The van der Waals surface area contributed by atoms with Crippen molar-refractivity contribution in [3.8, 4) is 0 Å². The third kappa shape index (κ3) is 5.00. The Bertz CT molecular complexity index is 337. The van der Waals surface area contributed by atoms with Crippen LogP contribution in [0.15, 0.2) is 0 Å². The molecule has 0 fully saturated rings. The van der Waals surface area contributed by atoms with Crippen LogP contribution in [-0.2, 0) is 4.79 Å². The smallest absolute Gasteiger partial charge is 0.315 e. The van der Waals surface area contributed by atoms with E-state index in [1.54, 1.807) is 27.7 Å². The first-order valence-electron chi connectivity index (χ1n) is 7.10. The number of likely N-dealkylation sites (N-methyl/N-ethyl adjacent to an activating group) is 1. The Hall–Kier alpha value is -1.30. The van der Waals surface area contributed by atoms with Crippen LogP contribution in [0.3, 0.4) is 0 Å². The maximum absolute atomic E-state index is 11.9. The van der Waals surface area contributed by atoms with Crippen molar-refractivity contribution in [1.29, 1.82) is 0 Å². The molecule has 0 unspecified atom stereocenters. The van der Waals surface area contributed by atoms with Gasteiger partial charge in [-0.2, -0.15) is 0 Å². The fraction of sp³-hybridized carbons (Fsp3) is 0.857. The number of urea groups is 1. The molecule has 6 nitrogen and oxygen atoms in total. The second-order valence-corrected chi connectivity index (χ2v) is 5.96. The molecule has 0 atom stereocenters. The lowest BCUT2D eigenvalue weighted by atomic mass is 9.74. The van der Waals surface area contributed by atoms with Gasteiger partial charge in [0, 0.05) is 13.1 Å². The van der Waals surface area contributed by atoms with Gasteiger partial charge in [-0.05, 0) is 40.8 Å². The lowest BCUT2D eigenvalue weighted by molar-refractivity contribution is -0.150. The lowest BCUT2D eigenvalue weighted by Crippen LogP contribution is -2.59. The number of nitrogens with one attached hydrogen (secondary N) is 2. The van der Waals surface area contributed by atoms with E-state index in [2.05, 4.69) is 29.4 Å². The summed E-state index contributed by atoms with van der Waals surface area (Å²) in [6, 6.07) is -0.337. The number of nitrogens with zero attached hydrogens (tertiary/aromatic N) is 1. The van der Waals surface area contributed by atoms with Crippen molar-refractivity contribution in [1.82, 2.24) is 15.5 Å². The van der Waals surface area contributed by atoms with E-state index >= 15 is 0 Å². The first kappa shape index (κ1) is 18.7. The van der Waals surface area contributed by atoms with E-state index in [4.69, 9.17) is 0 Å². The molecule has 6 heteroatoms. The fourth-order valence-electron chi connectivity index (χ4n) is 1.62. The molecule has 2 amide bonds. The average molecular weight is 287 g/mol. The number of aliphatic carboxylic acids is 1. The van der Waals surface area contributed by atoms with Crippen molar-refractivity contribution in [2.45, 2.75) is 47.1 Å². The molecule has 0 aromatic carbocycles. The van der Waals surface area contributed by atoms with E-state index in [0.717, 1.165) is 19.6 Å². The molecule has 0 aliphatic rings. The van der Waals surface area contributed by atoms with E-state index in [9.17, 15) is 14.7 Å². The van der Waals surface area contributed by atoms with Gasteiger partial charge in [0.15, 0.2) is 0 Å². The molecule has 3 N–H and O–H groups in total. The van der Waals surface area contributed by atoms with Crippen molar-refractivity contribution >= 4 is 12.0 Å². The minimum Gasteiger partial charge on any atom is -0.481 e. The topological polar surface area (TPSA) is 81.7 Å². The quantitative estimate of drug-likeness (QED) is 0.632. The van der Waals surface area contributed by atoms with Crippen LogP contribution >= 0.6 is 0 Å². The van der Waals surface area contributed by atoms with Crippen molar-refractivity contribution < 1.29 is 14.7 Å². The van der Waals surface area contributed by atoms with Crippen LogP contribution in [0.4, 0.5) is 4.79 Å². The Balaban J connectivity index is 4.36. The monoisotopic (exact) mass is 287 g/mol. The number of carbonyl (C=O) groups excluding carboxylic acids is 1. The third-order valence-corrected chi connectivity index (χ3v) is 4.13. The zero-order chi connectivity index (χ0) is 16.0. The van der Waals surface area contributed by atoms with Crippen molar-refractivity contribution in [3.05, 3.63) is 0 Å². The molecule has 0 saturated heterocycles. The Morgan fingerprint density at radius 1 is 1.10 bits per heavy atom. The maximum Gasteiger partial charge on any atom is 0.315 e. The average Bonchev–Trinajstić information content (AvgIpc) is 2.33. The van der Waals surface area contributed by atoms with Gasteiger partial charge in [0.25, 0.3) is 0 Å². The van der Waals surface area contributed by atoms with Gasteiger partial charge < -0.3 is 20.6 Å². The van der Waals surface area contributed by atoms with Crippen LogP contribution < -0.4 is 10.6 Å². The first-order chi connectivity index (χ1) is 9.08. The SMILES string of the molecule is CCN(CC)CCNC(=O)NC(C)(C)C(C)(C)C(=O)O. The summed E-state index contributed by atoms with van der Waals surface area (Å²) in [5, 5.41) is 14.7. The standard InChI is InChI=1S/C14H29N3O3/c1-7-17(8-2)10-9-15-12(20)16-14(5,6)13(3,4)11(18)19/h7-10H2,1-6H3,(H,18,19)(H2,15,16,20). The van der Waals surface area contributed by atoms with Gasteiger partial charge in [0.2, 0.25) is 0 Å². The minimum absolute atomic E-state index is 0.337. The fourth-order valence-corrected chi connectivity index (χ4v) is 1.62. The number of carboxylic acid groups (broad SMARTS) is 1. The molecule has 0 aliphatic heterocycles. The Morgan fingerprint density at radius 2 is 1.60 bits per heavy atom. The Kier molecular flexibility index (Phi) is 6.99. The summed E-state index contributed by atoms with van der Waals surface area (Å²) in [6.45, 7) is 14.0.